The molecule has 0 fully saturated rings. The van der Waals surface area contributed by atoms with Crippen molar-refractivity contribution < 1.29 is 0 Å². The summed E-state index contributed by atoms with van der Waals surface area (Å²) in [5.74, 6) is 0.282. The number of nitrogens with zero attached hydrogens (tertiary/aromatic N) is 1. The molecule has 2 rings (SSSR count). The Morgan fingerprint density at radius 3 is 2.56 bits per heavy atom. The zero-order chi connectivity index (χ0) is 11.5. The first-order valence-electron chi connectivity index (χ1n) is 4.64. The molecule has 0 atom stereocenters. The number of anilines is 4. The molecular weight excluding hydrogens is 206 g/mol. The molecule has 0 saturated heterocycles. The molecule has 2 aromatic rings. The molecule has 0 spiro atoms. The molecule has 1 heterocycles. The predicted molar refractivity (Wildman–Crippen MR) is 63.4 cm³/mol. The van der Waals surface area contributed by atoms with E-state index < -0.39 is 5.56 Å². The van der Waals surface area contributed by atoms with Gasteiger partial charge in [0.1, 0.15) is 5.69 Å². The van der Waals surface area contributed by atoms with Crippen molar-refractivity contribution in [3.8, 4) is 0 Å². The van der Waals surface area contributed by atoms with Crippen LogP contribution in [0, 0.1) is 0 Å². The summed E-state index contributed by atoms with van der Waals surface area (Å²) in [4.78, 5) is 17.5. The second-order valence-corrected chi connectivity index (χ2v) is 3.20. The number of nitrogen functional groups attached to an aromatic ring is 2. The van der Waals surface area contributed by atoms with Crippen molar-refractivity contribution in [2.45, 2.75) is 0 Å². The van der Waals surface area contributed by atoms with E-state index in [1.807, 2.05) is 30.3 Å². The van der Waals surface area contributed by atoms with Gasteiger partial charge in [0.2, 0.25) is 5.95 Å². The van der Waals surface area contributed by atoms with E-state index in [9.17, 15) is 4.79 Å². The average Bonchev–Trinajstić information content (AvgIpc) is 2.27. The van der Waals surface area contributed by atoms with Crippen LogP contribution in [0.4, 0.5) is 23.1 Å². The molecule has 0 radical (unpaired) electrons. The smallest absolute Gasteiger partial charge is 0.277 e. The SMILES string of the molecule is Nc1nc(Nc2ccccc2)c(N)c(=O)[nH]1. The van der Waals surface area contributed by atoms with Crippen LogP contribution >= 0.6 is 0 Å². The summed E-state index contributed by atoms with van der Waals surface area (Å²) in [5.41, 5.74) is 11.3. The number of rotatable bonds is 2. The minimum absolute atomic E-state index is 0.0121. The first-order valence-corrected chi connectivity index (χ1v) is 4.64. The minimum atomic E-state index is -0.453. The standard InChI is InChI=1S/C10H11N5O/c11-7-8(14-10(12)15-9(7)16)13-6-4-2-1-3-5-6/h1-5H,11H2,(H4,12,13,14,15,16). The normalized spacial score (nSPS) is 10.0. The van der Waals surface area contributed by atoms with E-state index in [1.54, 1.807) is 0 Å². The molecule has 0 aliphatic rings. The van der Waals surface area contributed by atoms with Gasteiger partial charge >= 0.3 is 0 Å². The van der Waals surface area contributed by atoms with E-state index in [4.69, 9.17) is 11.5 Å². The lowest BCUT2D eigenvalue weighted by Gasteiger charge is -2.07. The van der Waals surface area contributed by atoms with Gasteiger partial charge in [-0.05, 0) is 12.1 Å². The lowest BCUT2D eigenvalue weighted by molar-refractivity contribution is 1.14. The monoisotopic (exact) mass is 217 g/mol. The van der Waals surface area contributed by atoms with Gasteiger partial charge in [-0.1, -0.05) is 18.2 Å². The number of aromatic nitrogens is 2. The number of para-hydroxylation sites is 1. The number of nitrogens with one attached hydrogen (secondary N) is 2. The Bertz CT molecular complexity index is 549. The van der Waals surface area contributed by atoms with E-state index in [0.29, 0.717) is 0 Å². The molecule has 6 N–H and O–H groups in total. The van der Waals surface area contributed by atoms with E-state index in [0.717, 1.165) is 5.69 Å². The molecule has 16 heavy (non-hydrogen) atoms. The number of nitrogens with two attached hydrogens (primary N) is 2. The van der Waals surface area contributed by atoms with Crippen LogP contribution in [0.25, 0.3) is 0 Å². The Labute approximate surface area is 91.3 Å². The maximum absolute atomic E-state index is 11.3. The summed E-state index contributed by atoms with van der Waals surface area (Å²) in [6.07, 6.45) is 0. The second-order valence-electron chi connectivity index (χ2n) is 3.20. The Kier molecular flexibility index (Phi) is 2.47. The van der Waals surface area contributed by atoms with Crippen molar-refractivity contribution in [3.63, 3.8) is 0 Å². The molecule has 0 saturated carbocycles. The number of hydrogen-bond acceptors (Lipinski definition) is 5. The van der Waals surface area contributed by atoms with Crippen LogP contribution in [0.1, 0.15) is 0 Å². The van der Waals surface area contributed by atoms with Gasteiger partial charge in [-0.2, -0.15) is 4.98 Å². The molecule has 0 aliphatic heterocycles. The zero-order valence-corrected chi connectivity index (χ0v) is 8.40. The number of H-pyrrole nitrogens is 1. The molecule has 0 aliphatic carbocycles. The van der Waals surface area contributed by atoms with Gasteiger partial charge in [-0.15, -0.1) is 0 Å². The molecule has 0 amide bonds. The Balaban J connectivity index is 2.39. The maximum atomic E-state index is 11.3. The van der Waals surface area contributed by atoms with Crippen LogP contribution in [-0.4, -0.2) is 9.97 Å². The summed E-state index contributed by atoms with van der Waals surface area (Å²) in [7, 11) is 0. The Hall–Kier alpha value is -2.50. The van der Waals surface area contributed by atoms with E-state index in [-0.39, 0.29) is 17.5 Å². The summed E-state index contributed by atoms with van der Waals surface area (Å²) in [6.45, 7) is 0. The predicted octanol–water partition coefficient (Wildman–Crippen LogP) is 0.678. The molecule has 82 valence electrons. The van der Waals surface area contributed by atoms with Crippen molar-refractivity contribution in [1.29, 1.82) is 0 Å². The average molecular weight is 217 g/mol. The quantitative estimate of drug-likeness (QED) is 0.591. The van der Waals surface area contributed by atoms with Gasteiger partial charge in [-0.3, -0.25) is 9.78 Å². The van der Waals surface area contributed by atoms with Gasteiger partial charge in [0.05, 0.1) is 0 Å². The third kappa shape index (κ3) is 1.95. The summed E-state index contributed by atoms with van der Waals surface area (Å²) >= 11 is 0. The third-order valence-electron chi connectivity index (χ3n) is 2.01. The highest BCUT2D eigenvalue weighted by molar-refractivity contribution is 5.68. The van der Waals surface area contributed by atoms with Crippen LogP contribution < -0.4 is 22.3 Å². The van der Waals surface area contributed by atoms with Crippen molar-refractivity contribution in [2.24, 2.45) is 0 Å². The molecule has 0 bridgehead atoms. The number of hydrogen-bond donors (Lipinski definition) is 4. The first kappa shape index (κ1) is 10.0. The second kappa shape index (κ2) is 3.93. The third-order valence-corrected chi connectivity index (χ3v) is 2.01. The van der Waals surface area contributed by atoms with Gasteiger partial charge in [0.15, 0.2) is 5.82 Å². The van der Waals surface area contributed by atoms with Gasteiger partial charge in [0.25, 0.3) is 5.56 Å². The molecule has 6 heteroatoms. The fourth-order valence-electron chi connectivity index (χ4n) is 1.25. The van der Waals surface area contributed by atoms with E-state index >= 15 is 0 Å². The highest BCUT2D eigenvalue weighted by Gasteiger charge is 2.06. The molecule has 1 aromatic carbocycles. The zero-order valence-electron chi connectivity index (χ0n) is 8.40. The van der Waals surface area contributed by atoms with Gasteiger partial charge < -0.3 is 16.8 Å². The summed E-state index contributed by atoms with van der Waals surface area (Å²) in [6, 6.07) is 9.26. The largest absolute Gasteiger partial charge is 0.391 e. The lowest BCUT2D eigenvalue weighted by Crippen LogP contribution is -2.17. The summed E-state index contributed by atoms with van der Waals surface area (Å²) in [5, 5.41) is 2.92. The minimum Gasteiger partial charge on any atom is -0.391 e. The van der Waals surface area contributed by atoms with Crippen LogP contribution in [0.3, 0.4) is 0 Å². The van der Waals surface area contributed by atoms with Crippen molar-refractivity contribution >= 4 is 23.1 Å². The van der Waals surface area contributed by atoms with Crippen LogP contribution in [0.5, 0.6) is 0 Å². The Morgan fingerprint density at radius 1 is 1.19 bits per heavy atom. The van der Waals surface area contributed by atoms with Crippen LogP contribution in [0.2, 0.25) is 0 Å². The number of benzene rings is 1. The van der Waals surface area contributed by atoms with Gasteiger partial charge in [-0.25, -0.2) is 0 Å². The fourth-order valence-corrected chi connectivity index (χ4v) is 1.25. The van der Waals surface area contributed by atoms with E-state index in [2.05, 4.69) is 15.3 Å². The maximum Gasteiger partial charge on any atom is 0.277 e. The van der Waals surface area contributed by atoms with Crippen LogP contribution in [0.15, 0.2) is 35.1 Å². The fraction of sp³-hybridized carbons (Fsp3) is 0. The Morgan fingerprint density at radius 2 is 1.88 bits per heavy atom. The van der Waals surface area contributed by atoms with E-state index in [1.165, 1.54) is 0 Å². The van der Waals surface area contributed by atoms with Crippen LogP contribution in [-0.2, 0) is 0 Å². The highest BCUT2D eigenvalue weighted by Crippen LogP contribution is 2.17. The molecular formula is C10H11N5O. The molecule has 6 nitrogen and oxygen atoms in total. The number of aromatic amines is 1. The molecule has 0 unspecified atom stereocenters. The van der Waals surface area contributed by atoms with Crippen molar-refractivity contribution in [3.05, 3.63) is 40.7 Å². The topological polar surface area (TPSA) is 110 Å². The van der Waals surface area contributed by atoms with Crippen molar-refractivity contribution in [1.82, 2.24) is 9.97 Å². The molecule has 1 aromatic heterocycles. The summed E-state index contributed by atoms with van der Waals surface area (Å²) < 4.78 is 0. The first-order chi connectivity index (χ1) is 7.66. The lowest BCUT2D eigenvalue weighted by atomic mass is 10.3. The highest BCUT2D eigenvalue weighted by atomic mass is 16.1. The van der Waals surface area contributed by atoms with Gasteiger partial charge in [0, 0.05) is 5.69 Å². The van der Waals surface area contributed by atoms with Crippen molar-refractivity contribution in [2.75, 3.05) is 16.8 Å².